The van der Waals surface area contributed by atoms with Gasteiger partial charge in [0.2, 0.25) is 5.91 Å². The first-order valence-corrected chi connectivity index (χ1v) is 10.4. The largest absolute Gasteiger partial charge is 0.469 e. The van der Waals surface area contributed by atoms with Crippen LogP contribution in [0.2, 0.25) is 0 Å². The van der Waals surface area contributed by atoms with E-state index >= 15 is 0 Å². The zero-order valence-electron chi connectivity index (χ0n) is 15.7. The number of amidine groups is 1. The lowest BCUT2D eigenvalue weighted by atomic mass is 9.84. The molecule has 2 N–H and O–H groups in total. The molecule has 3 unspecified atom stereocenters. The molecule has 0 aromatic heterocycles. The average molecular weight is 399 g/mol. The van der Waals surface area contributed by atoms with E-state index in [1.54, 1.807) is 0 Å². The highest BCUT2D eigenvalue weighted by molar-refractivity contribution is 8.13. The molecular weight excluding hydrogens is 378 g/mol. The Labute approximate surface area is 167 Å². The number of esters is 1. The van der Waals surface area contributed by atoms with Crippen molar-refractivity contribution in [1.29, 1.82) is 5.26 Å². The highest BCUT2D eigenvalue weighted by Crippen LogP contribution is 2.55. The number of nitriles is 1. The fourth-order valence-corrected chi connectivity index (χ4v) is 5.17. The monoisotopic (exact) mass is 399 g/mol. The van der Waals surface area contributed by atoms with E-state index in [-0.39, 0.29) is 23.8 Å². The molecular formula is C19H21N5O3S. The number of hydrogen-bond donors (Lipinski definition) is 2. The van der Waals surface area contributed by atoms with Gasteiger partial charge in [-0.05, 0) is 50.3 Å². The van der Waals surface area contributed by atoms with Crippen LogP contribution in [0.1, 0.15) is 24.8 Å². The van der Waals surface area contributed by atoms with Gasteiger partial charge in [-0.1, -0.05) is 11.8 Å². The van der Waals surface area contributed by atoms with Crippen LogP contribution in [0.3, 0.4) is 0 Å². The van der Waals surface area contributed by atoms with E-state index in [1.165, 1.54) is 18.9 Å². The van der Waals surface area contributed by atoms with Gasteiger partial charge < -0.3 is 10.1 Å². The lowest BCUT2D eigenvalue weighted by molar-refractivity contribution is -0.146. The molecule has 9 heteroatoms. The van der Waals surface area contributed by atoms with E-state index in [9.17, 15) is 9.59 Å². The number of fused-ring (bicyclic) bond motifs is 4. The predicted molar refractivity (Wildman–Crippen MR) is 106 cm³/mol. The van der Waals surface area contributed by atoms with Crippen LogP contribution in [-0.2, 0) is 19.9 Å². The van der Waals surface area contributed by atoms with Gasteiger partial charge in [-0.3, -0.25) is 19.8 Å². The van der Waals surface area contributed by atoms with Crippen LogP contribution in [0, 0.1) is 17.4 Å². The second kappa shape index (κ2) is 7.11. The van der Waals surface area contributed by atoms with Crippen LogP contribution in [0.25, 0.3) is 0 Å². The van der Waals surface area contributed by atoms with Gasteiger partial charge in [0.05, 0.1) is 18.7 Å². The second-order valence-corrected chi connectivity index (χ2v) is 7.93. The number of carbonyl (C=O) groups excluding carboxylic acids is 2. The van der Waals surface area contributed by atoms with E-state index in [0.717, 1.165) is 30.6 Å². The van der Waals surface area contributed by atoms with E-state index in [4.69, 9.17) is 10.00 Å². The lowest BCUT2D eigenvalue weighted by Crippen LogP contribution is -2.47. The van der Waals surface area contributed by atoms with Crippen molar-refractivity contribution in [2.24, 2.45) is 10.9 Å². The molecule has 1 amide bonds. The Bertz CT molecular complexity index is 911. The molecule has 3 atom stereocenters. The number of aliphatic imine (C=N–C) groups is 1. The van der Waals surface area contributed by atoms with Crippen LogP contribution in [0.4, 0.5) is 11.4 Å². The summed E-state index contributed by atoms with van der Waals surface area (Å²) in [5.74, 6) is -0.673. The van der Waals surface area contributed by atoms with Crippen molar-refractivity contribution in [3.63, 3.8) is 0 Å². The summed E-state index contributed by atoms with van der Waals surface area (Å²) < 4.78 is 5.03. The molecule has 2 saturated heterocycles. The third kappa shape index (κ3) is 2.67. The Morgan fingerprint density at radius 2 is 2.36 bits per heavy atom. The topological polar surface area (TPSA) is 107 Å². The summed E-state index contributed by atoms with van der Waals surface area (Å²) in [6.45, 7) is 0.768. The first kappa shape index (κ1) is 18.8. The van der Waals surface area contributed by atoms with Gasteiger partial charge in [-0.25, -0.2) is 4.99 Å². The average Bonchev–Trinajstić information content (AvgIpc) is 3.36. The van der Waals surface area contributed by atoms with Crippen molar-refractivity contribution in [1.82, 2.24) is 10.2 Å². The zero-order chi connectivity index (χ0) is 19.9. The predicted octanol–water partition coefficient (Wildman–Crippen LogP) is 1.91. The highest BCUT2D eigenvalue weighted by Gasteiger charge is 2.63. The number of anilines is 1. The smallest absolute Gasteiger partial charge is 0.310 e. The molecule has 0 radical (unpaired) electrons. The maximum Gasteiger partial charge on any atom is 0.310 e. The number of benzene rings is 1. The molecule has 0 bridgehead atoms. The van der Waals surface area contributed by atoms with E-state index in [1.807, 2.05) is 30.6 Å². The van der Waals surface area contributed by atoms with Crippen molar-refractivity contribution in [3.8, 4) is 6.19 Å². The van der Waals surface area contributed by atoms with Gasteiger partial charge in [0.15, 0.2) is 11.4 Å². The third-order valence-corrected chi connectivity index (χ3v) is 6.51. The molecule has 3 heterocycles. The van der Waals surface area contributed by atoms with Crippen molar-refractivity contribution in [2.45, 2.75) is 30.8 Å². The maximum atomic E-state index is 13.1. The number of nitrogens with zero attached hydrogens (tertiary/aromatic N) is 3. The summed E-state index contributed by atoms with van der Waals surface area (Å²) in [7, 11) is 1.40. The van der Waals surface area contributed by atoms with Crippen molar-refractivity contribution < 1.29 is 14.3 Å². The van der Waals surface area contributed by atoms with Crippen LogP contribution in [0.15, 0.2) is 23.2 Å². The van der Waals surface area contributed by atoms with Crippen LogP contribution < -0.4 is 10.6 Å². The molecule has 1 spiro atoms. The van der Waals surface area contributed by atoms with E-state index < -0.39 is 5.54 Å². The van der Waals surface area contributed by atoms with Gasteiger partial charge >= 0.3 is 5.97 Å². The highest BCUT2D eigenvalue weighted by atomic mass is 32.2. The minimum atomic E-state index is -0.872. The lowest BCUT2D eigenvalue weighted by Gasteiger charge is -2.32. The molecule has 0 saturated carbocycles. The summed E-state index contributed by atoms with van der Waals surface area (Å²) in [5, 5.41) is 14.9. The number of nitrogens with one attached hydrogen (secondary N) is 2. The fraction of sp³-hybridized carbons (Fsp3) is 0.474. The molecule has 4 rings (SSSR count). The molecule has 0 aliphatic carbocycles. The van der Waals surface area contributed by atoms with Gasteiger partial charge in [-0.2, -0.15) is 5.26 Å². The number of rotatable bonds is 2. The summed E-state index contributed by atoms with van der Waals surface area (Å²) in [4.78, 5) is 32.2. The summed E-state index contributed by atoms with van der Waals surface area (Å²) >= 11 is 1.33. The van der Waals surface area contributed by atoms with Crippen molar-refractivity contribution >= 4 is 40.2 Å². The van der Waals surface area contributed by atoms with Gasteiger partial charge in [-0.15, -0.1) is 0 Å². The number of ether oxygens (including phenoxy) is 1. The second-order valence-electron chi connectivity index (χ2n) is 7.14. The number of thioether (sulfide) groups is 1. The quantitative estimate of drug-likeness (QED) is 0.257. The first-order chi connectivity index (χ1) is 13.5. The Kier molecular flexibility index (Phi) is 4.77. The number of hydrogen-bond acceptors (Lipinski definition) is 7. The molecule has 146 valence electrons. The van der Waals surface area contributed by atoms with Crippen molar-refractivity contribution in [2.75, 3.05) is 25.2 Å². The minimum absolute atomic E-state index is 0.0123. The van der Waals surface area contributed by atoms with E-state index in [0.29, 0.717) is 17.3 Å². The van der Waals surface area contributed by atoms with Crippen molar-refractivity contribution in [3.05, 3.63) is 23.8 Å². The first-order valence-electron chi connectivity index (χ1n) is 9.13. The minimum Gasteiger partial charge on any atom is -0.469 e. The maximum absolute atomic E-state index is 13.1. The van der Waals surface area contributed by atoms with E-state index in [2.05, 4.69) is 20.5 Å². The fourth-order valence-electron chi connectivity index (χ4n) is 4.83. The number of carbonyl (C=O) groups is 2. The third-order valence-electron chi connectivity index (χ3n) is 5.93. The van der Waals surface area contributed by atoms with Gasteiger partial charge in [0, 0.05) is 17.3 Å². The standard InChI is InChI=1S/C19H21N5O3S/c1-27-16(25)12-9-19(24-7-3-4-15(12)24)13-8-11(22-18(28-2)21-10-20)5-6-14(13)23-17(19)26/h5-6,8,12,15H,3-4,7,9H2,1-2H3,(H,21,22)(H,23,26). The molecule has 1 aromatic rings. The Morgan fingerprint density at radius 3 is 3.07 bits per heavy atom. The zero-order valence-corrected chi connectivity index (χ0v) is 16.5. The van der Waals surface area contributed by atoms with Gasteiger partial charge in [0.25, 0.3) is 0 Å². The number of methoxy groups -OCH3 is 1. The number of amides is 1. The normalized spacial score (nSPS) is 28.6. The molecule has 2 fully saturated rings. The Morgan fingerprint density at radius 1 is 1.54 bits per heavy atom. The van der Waals surface area contributed by atoms with Gasteiger partial charge in [0.1, 0.15) is 5.54 Å². The summed E-state index contributed by atoms with van der Waals surface area (Å²) in [5.41, 5.74) is 1.37. The van der Waals surface area contributed by atoms with Crippen LogP contribution in [0.5, 0.6) is 0 Å². The Hall–Kier alpha value is -2.57. The van der Waals surface area contributed by atoms with Crippen LogP contribution >= 0.6 is 11.8 Å². The molecule has 1 aromatic carbocycles. The summed E-state index contributed by atoms with van der Waals surface area (Å²) in [6.07, 6.45) is 5.94. The summed E-state index contributed by atoms with van der Waals surface area (Å²) in [6, 6.07) is 5.54. The van der Waals surface area contributed by atoms with Crippen LogP contribution in [-0.4, -0.2) is 47.9 Å². The molecule has 3 aliphatic heterocycles. The molecule has 3 aliphatic rings. The molecule has 8 nitrogen and oxygen atoms in total. The SMILES string of the molecule is COC(=O)C1CC2(C(=O)Nc3ccc(N=C(NC#N)SC)cc32)N2CCCC12. The Balaban J connectivity index is 1.79. The molecule has 28 heavy (non-hydrogen) atoms.